The van der Waals surface area contributed by atoms with Crippen LogP contribution in [0.4, 0.5) is 4.39 Å². The van der Waals surface area contributed by atoms with Gasteiger partial charge in [0.25, 0.3) is 11.5 Å². The Balaban J connectivity index is 1.57. The van der Waals surface area contributed by atoms with Crippen LogP contribution >= 0.6 is 0 Å². The van der Waals surface area contributed by atoms with Crippen LogP contribution in [0.25, 0.3) is 16.9 Å². The summed E-state index contributed by atoms with van der Waals surface area (Å²) in [4.78, 5) is 34.3. The van der Waals surface area contributed by atoms with E-state index in [-0.39, 0.29) is 22.6 Å². The summed E-state index contributed by atoms with van der Waals surface area (Å²) >= 11 is 0. The van der Waals surface area contributed by atoms with Crippen molar-refractivity contribution in [2.75, 3.05) is 26.2 Å². The lowest BCUT2D eigenvalue weighted by Gasteiger charge is -2.39. The number of carbonyl (C=O) groups excluding carboxylic acids is 1. The molecule has 3 heterocycles. The van der Waals surface area contributed by atoms with Crippen molar-refractivity contribution in [1.82, 2.24) is 24.6 Å². The van der Waals surface area contributed by atoms with Crippen molar-refractivity contribution in [2.24, 2.45) is 0 Å². The molecule has 1 amide bonds. The number of halogens is 1. The fourth-order valence-electron chi connectivity index (χ4n) is 4.27. The van der Waals surface area contributed by atoms with E-state index in [4.69, 9.17) is 5.26 Å². The van der Waals surface area contributed by atoms with Crippen molar-refractivity contribution in [3.63, 3.8) is 0 Å². The van der Waals surface area contributed by atoms with E-state index in [2.05, 4.69) is 28.8 Å². The minimum atomic E-state index is -0.641. The Labute approximate surface area is 190 Å². The summed E-state index contributed by atoms with van der Waals surface area (Å²) in [6, 6.07) is 8.26. The number of aromatic amines is 1. The van der Waals surface area contributed by atoms with Gasteiger partial charge in [-0.2, -0.15) is 5.26 Å². The van der Waals surface area contributed by atoms with E-state index in [0.717, 1.165) is 13.1 Å². The predicted molar refractivity (Wildman–Crippen MR) is 122 cm³/mol. The smallest absolute Gasteiger partial charge is 0.280 e. The molecule has 2 aromatic heterocycles. The number of nitrogens with one attached hydrogen (secondary N) is 1. The Morgan fingerprint density at radius 3 is 2.70 bits per heavy atom. The molecule has 1 saturated heterocycles. The van der Waals surface area contributed by atoms with Crippen LogP contribution in [0.2, 0.25) is 0 Å². The first kappa shape index (κ1) is 22.4. The first-order valence-electron chi connectivity index (χ1n) is 10.9. The number of hydrogen-bond acceptors (Lipinski definition) is 5. The second-order valence-electron chi connectivity index (χ2n) is 8.17. The van der Waals surface area contributed by atoms with E-state index in [1.807, 2.05) is 4.90 Å². The maximum absolute atomic E-state index is 14.4. The van der Waals surface area contributed by atoms with Gasteiger partial charge in [0, 0.05) is 38.1 Å². The number of nitriles is 1. The Kier molecular flexibility index (Phi) is 6.11. The number of hydrogen-bond donors (Lipinski definition) is 1. The van der Waals surface area contributed by atoms with Crippen LogP contribution < -0.4 is 5.56 Å². The number of aromatic nitrogens is 3. The molecule has 1 atom stereocenters. The van der Waals surface area contributed by atoms with Crippen LogP contribution in [0.1, 0.15) is 35.3 Å². The van der Waals surface area contributed by atoms with E-state index in [1.165, 1.54) is 30.1 Å². The van der Waals surface area contributed by atoms with Crippen molar-refractivity contribution in [1.29, 1.82) is 5.26 Å². The molecule has 1 aliphatic rings. The van der Waals surface area contributed by atoms with Gasteiger partial charge in [-0.1, -0.05) is 13.0 Å². The molecule has 0 saturated carbocycles. The molecule has 0 radical (unpaired) electrons. The van der Waals surface area contributed by atoms with Gasteiger partial charge >= 0.3 is 0 Å². The minimum Gasteiger partial charge on any atom is -0.336 e. The lowest BCUT2D eigenvalue weighted by molar-refractivity contribution is 0.0528. The monoisotopic (exact) mass is 448 g/mol. The zero-order valence-corrected chi connectivity index (χ0v) is 18.8. The predicted octanol–water partition coefficient (Wildman–Crippen LogP) is 2.71. The number of amides is 1. The average molecular weight is 449 g/mol. The number of benzene rings is 1. The fourth-order valence-corrected chi connectivity index (χ4v) is 4.27. The Morgan fingerprint density at radius 2 is 2.06 bits per heavy atom. The van der Waals surface area contributed by atoms with Crippen LogP contribution in [-0.2, 0) is 0 Å². The van der Waals surface area contributed by atoms with Gasteiger partial charge in [0.1, 0.15) is 11.9 Å². The molecule has 1 aliphatic heterocycles. The van der Waals surface area contributed by atoms with E-state index >= 15 is 0 Å². The number of piperazine rings is 1. The van der Waals surface area contributed by atoms with Gasteiger partial charge in [0.05, 0.1) is 16.7 Å². The second-order valence-corrected chi connectivity index (χ2v) is 8.17. The van der Waals surface area contributed by atoms with Gasteiger partial charge in [-0.05, 0) is 49.7 Å². The number of H-pyrrole nitrogens is 1. The topological polar surface area (TPSA) is 98.0 Å². The highest BCUT2D eigenvalue weighted by molar-refractivity contribution is 5.94. The number of likely N-dealkylation sites (N-methyl/N-ethyl adjacent to an activating group) is 1. The third kappa shape index (κ3) is 4.05. The summed E-state index contributed by atoms with van der Waals surface area (Å²) in [6.07, 6.45) is 2.94. The van der Waals surface area contributed by atoms with Crippen molar-refractivity contribution < 1.29 is 9.18 Å². The molecule has 0 bridgehead atoms. The summed E-state index contributed by atoms with van der Waals surface area (Å²) in [7, 11) is 0. The lowest BCUT2D eigenvalue weighted by atomic mass is 10.0. The molecule has 33 heavy (non-hydrogen) atoms. The van der Waals surface area contributed by atoms with Gasteiger partial charge in [-0.15, -0.1) is 0 Å². The van der Waals surface area contributed by atoms with Crippen LogP contribution in [0.3, 0.4) is 0 Å². The summed E-state index contributed by atoms with van der Waals surface area (Å²) < 4.78 is 15.6. The normalized spacial score (nSPS) is 16.6. The van der Waals surface area contributed by atoms with E-state index in [1.54, 1.807) is 24.3 Å². The molecule has 1 aromatic carbocycles. The van der Waals surface area contributed by atoms with E-state index < -0.39 is 11.4 Å². The average Bonchev–Trinajstić information content (AvgIpc) is 3.21. The van der Waals surface area contributed by atoms with Gasteiger partial charge in [-0.25, -0.2) is 14.1 Å². The molecule has 170 valence electrons. The first-order chi connectivity index (χ1) is 15.8. The summed E-state index contributed by atoms with van der Waals surface area (Å²) in [6.45, 7) is 8.88. The van der Waals surface area contributed by atoms with Gasteiger partial charge < -0.3 is 4.90 Å². The first-order valence-corrected chi connectivity index (χ1v) is 10.9. The third-order valence-electron chi connectivity index (χ3n) is 6.25. The van der Waals surface area contributed by atoms with Crippen LogP contribution in [0.15, 0.2) is 41.5 Å². The van der Waals surface area contributed by atoms with Crippen molar-refractivity contribution >= 4 is 5.91 Å². The molecule has 1 N–H and O–H groups in total. The molecule has 8 nitrogen and oxygen atoms in total. The van der Waals surface area contributed by atoms with Gasteiger partial charge in [0.15, 0.2) is 5.82 Å². The van der Waals surface area contributed by atoms with E-state index in [0.29, 0.717) is 36.1 Å². The largest absolute Gasteiger partial charge is 0.336 e. The molecule has 9 heteroatoms. The summed E-state index contributed by atoms with van der Waals surface area (Å²) in [5.41, 5.74) is 0.876. The Bertz CT molecular complexity index is 1290. The van der Waals surface area contributed by atoms with Crippen LogP contribution in [0.5, 0.6) is 0 Å². The van der Waals surface area contributed by atoms with Gasteiger partial charge in [-0.3, -0.25) is 19.6 Å². The minimum absolute atomic E-state index is 0.0699. The number of pyridine rings is 1. The molecular formula is C24H25FN6O2. The second kappa shape index (κ2) is 9.00. The SMILES string of the molecule is CCN1CCN(C(=O)c2ccc(-n3[nH]cc(-c4ccc(C#N)c(F)c4C)c3=O)nc2)C[C@H]1C. The molecule has 1 fully saturated rings. The van der Waals surface area contributed by atoms with Crippen molar-refractivity contribution in [2.45, 2.75) is 26.8 Å². The third-order valence-corrected chi connectivity index (χ3v) is 6.25. The number of nitrogens with zero attached hydrogens (tertiary/aromatic N) is 5. The zero-order chi connectivity index (χ0) is 23.7. The summed E-state index contributed by atoms with van der Waals surface area (Å²) in [5.74, 6) is -0.407. The van der Waals surface area contributed by atoms with Crippen molar-refractivity contribution in [3.8, 4) is 23.0 Å². The molecular weight excluding hydrogens is 423 g/mol. The highest BCUT2D eigenvalue weighted by Crippen LogP contribution is 2.25. The van der Waals surface area contributed by atoms with Crippen LogP contribution in [0, 0.1) is 24.1 Å². The quantitative estimate of drug-likeness (QED) is 0.662. The molecule has 0 aliphatic carbocycles. The van der Waals surface area contributed by atoms with Crippen molar-refractivity contribution in [3.05, 3.63) is 69.5 Å². The molecule has 4 rings (SSSR count). The number of rotatable bonds is 4. The van der Waals surface area contributed by atoms with Gasteiger partial charge in [0.2, 0.25) is 0 Å². The molecule has 3 aromatic rings. The fraction of sp³-hybridized carbons (Fsp3) is 0.333. The van der Waals surface area contributed by atoms with E-state index in [9.17, 15) is 14.0 Å². The zero-order valence-electron chi connectivity index (χ0n) is 18.8. The highest BCUT2D eigenvalue weighted by atomic mass is 19.1. The maximum atomic E-state index is 14.4. The Morgan fingerprint density at radius 1 is 1.27 bits per heavy atom. The Hall–Kier alpha value is -3.77. The molecule has 0 spiro atoms. The highest BCUT2D eigenvalue weighted by Gasteiger charge is 2.26. The van der Waals surface area contributed by atoms with Crippen LogP contribution in [-0.4, -0.2) is 62.7 Å². The molecule has 0 unspecified atom stereocenters. The standard InChI is InChI=1S/C24H25FN6O2/c1-4-29-9-10-30(14-15(29)2)23(32)18-6-8-21(27-12-18)31-24(33)20(13-28-31)19-7-5-17(11-26)22(25)16(19)3/h5-8,12-13,15,28H,4,9-10,14H2,1-3H3/t15-/m1/s1. The number of carbonyl (C=O) groups is 1. The maximum Gasteiger partial charge on any atom is 0.280 e. The lowest BCUT2D eigenvalue weighted by Crippen LogP contribution is -2.53. The summed E-state index contributed by atoms with van der Waals surface area (Å²) in [5, 5.41) is 11.8.